The van der Waals surface area contributed by atoms with Gasteiger partial charge in [-0.05, 0) is 12.5 Å². The minimum absolute atomic E-state index is 0.182. The average Bonchev–Trinajstić information content (AvgIpc) is 2.69. The predicted octanol–water partition coefficient (Wildman–Crippen LogP) is 3.81. The summed E-state index contributed by atoms with van der Waals surface area (Å²) in [6, 6.07) is 7.64. The lowest BCUT2D eigenvalue weighted by Gasteiger charge is -1.96. The highest BCUT2D eigenvalue weighted by molar-refractivity contribution is 6.06. The Morgan fingerprint density at radius 1 is 1.33 bits per heavy atom. The highest BCUT2D eigenvalue weighted by Gasteiger charge is 2.12. The molecule has 0 aliphatic heterocycles. The van der Waals surface area contributed by atoms with E-state index in [0.29, 0.717) is 6.42 Å². The van der Waals surface area contributed by atoms with Gasteiger partial charge in [0.15, 0.2) is 5.78 Å². The van der Waals surface area contributed by atoms with Gasteiger partial charge in [0.05, 0.1) is 5.56 Å². The van der Waals surface area contributed by atoms with Crippen LogP contribution >= 0.6 is 0 Å². The van der Waals surface area contributed by atoms with E-state index in [0.717, 1.165) is 29.4 Å². The van der Waals surface area contributed by atoms with E-state index in [1.165, 1.54) is 0 Å². The molecule has 0 N–H and O–H groups in total. The number of benzene rings is 1. The van der Waals surface area contributed by atoms with Crippen LogP contribution < -0.4 is 0 Å². The monoisotopic (exact) mass is 202 g/mol. The van der Waals surface area contributed by atoms with Gasteiger partial charge in [0.25, 0.3) is 0 Å². The molecule has 0 fully saturated rings. The van der Waals surface area contributed by atoms with E-state index in [2.05, 4.69) is 6.92 Å². The number of carbonyl (C=O) groups excluding carboxylic acids is 1. The van der Waals surface area contributed by atoms with Gasteiger partial charge in [-0.1, -0.05) is 31.5 Å². The molecule has 1 aromatic heterocycles. The van der Waals surface area contributed by atoms with Crippen molar-refractivity contribution in [3.63, 3.8) is 0 Å². The summed E-state index contributed by atoms with van der Waals surface area (Å²) in [6.45, 7) is 2.08. The fourth-order valence-electron chi connectivity index (χ4n) is 1.67. The lowest BCUT2D eigenvalue weighted by Crippen LogP contribution is -1.96. The van der Waals surface area contributed by atoms with Crippen LogP contribution in [-0.4, -0.2) is 5.78 Å². The summed E-state index contributed by atoms with van der Waals surface area (Å²) in [4.78, 5) is 11.8. The number of rotatable bonds is 4. The van der Waals surface area contributed by atoms with Gasteiger partial charge in [-0.3, -0.25) is 4.79 Å². The van der Waals surface area contributed by atoms with Crippen LogP contribution in [0.25, 0.3) is 11.0 Å². The lowest BCUT2D eigenvalue weighted by atomic mass is 10.1. The Labute approximate surface area is 88.9 Å². The predicted molar refractivity (Wildman–Crippen MR) is 60.1 cm³/mol. The van der Waals surface area contributed by atoms with E-state index in [1.54, 1.807) is 6.26 Å². The lowest BCUT2D eigenvalue weighted by molar-refractivity contribution is 0.0980. The molecular weight excluding hydrogens is 188 g/mol. The standard InChI is InChI=1S/C13H14O2/c1-2-3-7-12(14)11-9-15-13-8-5-4-6-10(11)13/h4-6,8-9H,2-3,7H2,1H3. The zero-order valence-corrected chi connectivity index (χ0v) is 8.82. The van der Waals surface area contributed by atoms with Crippen molar-refractivity contribution >= 4 is 16.8 Å². The third-order valence-electron chi connectivity index (χ3n) is 2.54. The first kappa shape index (κ1) is 9.97. The van der Waals surface area contributed by atoms with Crippen LogP contribution in [0.3, 0.4) is 0 Å². The van der Waals surface area contributed by atoms with Crippen LogP contribution in [0.5, 0.6) is 0 Å². The van der Waals surface area contributed by atoms with Crippen molar-refractivity contribution in [2.45, 2.75) is 26.2 Å². The maximum Gasteiger partial charge on any atom is 0.166 e. The first-order valence-electron chi connectivity index (χ1n) is 5.32. The molecule has 0 bridgehead atoms. The molecule has 0 aliphatic carbocycles. The number of carbonyl (C=O) groups is 1. The van der Waals surface area contributed by atoms with Crippen molar-refractivity contribution in [2.24, 2.45) is 0 Å². The summed E-state index contributed by atoms with van der Waals surface area (Å²) in [6.07, 6.45) is 4.17. The Morgan fingerprint density at radius 3 is 2.93 bits per heavy atom. The SMILES string of the molecule is CCCCC(=O)c1coc2ccccc12. The number of Topliss-reactive ketones (excluding diaryl/α,β-unsaturated/α-hetero) is 1. The Kier molecular flexibility index (Phi) is 2.86. The maximum absolute atomic E-state index is 11.8. The zero-order chi connectivity index (χ0) is 10.7. The Balaban J connectivity index is 2.31. The van der Waals surface area contributed by atoms with Crippen molar-refractivity contribution in [3.8, 4) is 0 Å². The normalized spacial score (nSPS) is 10.7. The van der Waals surface area contributed by atoms with E-state index in [1.807, 2.05) is 24.3 Å². The van der Waals surface area contributed by atoms with Crippen LogP contribution in [0, 0.1) is 0 Å². The van der Waals surface area contributed by atoms with Gasteiger partial charge in [0, 0.05) is 11.8 Å². The fraction of sp³-hybridized carbons (Fsp3) is 0.308. The van der Waals surface area contributed by atoms with Crippen molar-refractivity contribution in [3.05, 3.63) is 36.1 Å². The number of unbranched alkanes of at least 4 members (excludes halogenated alkanes) is 1. The molecule has 15 heavy (non-hydrogen) atoms. The van der Waals surface area contributed by atoms with Gasteiger partial charge in [0.2, 0.25) is 0 Å². The Morgan fingerprint density at radius 2 is 2.13 bits per heavy atom. The molecule has 2 rings (SSSR count). The first-order chi connectivity index (χ1) is 7.33. The summed E-state index contributed by atoms with van der Waals surface area (Å²) in [5.74, 6) is 0.182. The molecule has 1 heterocycles. The third-order valence-corrected chi connectivity index (χ3v) is 2.54. The molecule has 2 aromatic rings. The number of fused-ring (bicyclic) bond motifs is 1. The highest BCUT2D eigenvalue weighted by Crippen LogP contribution is 2.22. The zero-order valence-electron chi connectivity index (χ0n) is 8.82. The topological polar surface area (TPSA) is 30.2 Å². The Hall–Kier alpha value is -1.57. The number of para-hydroxylation sites is 1. The second-order valence-electron chi connectivity index (χ2n) is 3.67. The van der Waals surface area contributed by atoms with Crippen LogP contribution in [0.2, 0.25) is 0 Å². The van der Waals surface area contributed by atoms with Gasteiger partial charge >= 0.3 is 0 Å². The summed E-state index contributed by atoms with van der Waals surface area (Å²) < 4.78 is 5.33. The van der Waals surface area contributed by atoms with Crippen molar-refractivity contribution in [1.29, 1.82) is 0 Å². The third kappa shape index (κ3) is 1.94. The molecule has 0 saturated heterocycles. The second-order valence-corrected chi connectivity index (χ2v) is 3.67. The highest BCUT2D eigenvalue weighted by atomic mass is 16.3. The maximum atomic E-state index is 11.8. The molecular formula is C13H14O2. The van der Waals surface area contributed by atoms with E-state index < -0.39 is 0 Å². The summed E-state index contributed by atoms with van der Waals surface area (Å²) in [5.41, 5.74) is 1.51. The molecule has 1 aromatic carbocycles. The largest absolute Gasteiger partial charge is 0.464 e. The molecule has 0 radical (unpaired) electrons. The molecule has 78 valence electrons. The number of ketones is 1. The molecule has 2 nitrogen and oxygen atoms in total. The van der Waals surface area contributed by atoms with E-state index in [-0.39, 0.29) is 5.78 Å². The molecule has 2 heteroatoms. The molecule has 0 spiro atoms. The quantitative estimate of drug-likeness (QED) is 0.706. The minimum atomic E-state index is 0.182. The van der Waals surface area contributed by atoms with E-state index >= 15 is 0 Å². The van der Waals surface area contributed by atoms with Crippen LogP contribution in [0.15, 0.2) is 34.9 Å². The molecule has 0 unspecified atom stereocenters. The molecule has 0 amide bonds. The van der Waals surface area contributed by atoms with Crippen molar-refractivity contribution in [2.75, 3.05) is 0 Å². The van der Waals surface area contributed by atoms with Crippen molar-refractivity contribution in [1.82, 2.24) is 0 Å². The van der Waals surface area contributed by atoms with Crippen LogP contribution in [0.4, 0.5) is 0 Å². The van der Waals surface area contributed by atoms with Gasteiger partial charge < -0.3 is 4.42 Å². The van der Waals surface area contributed by atoms with Gasteiger partial charge in [-0.15, -0.1) is 0 Å². The van der Waals surface area contributed by atoms with Gasteiger partial charge in [0.1, 0.15) is 11.8 Å². The minimum Gasteiger partial charge on any atom is -0.464 e. The van der Waals surface area contributed by atoms with Crippen LogP contribution in [0.1, 0.15) is 36.5 Å². The first-order valence-corrected chi connectivity index (χ1v) is 5.32. The average molecular weight is 202 g/mol. The van der Waals surface area contributed by atoms with Gasteiger partial charge in [-0.25, -0.2) is 0 Å². The Bertz CT molecular complexity index is 468. The molecule has 0 aliphatic rings. The summed E-state index contributed by atoms with van der Waals surface area (Å²) in [5, 5.41) is 0.929. The number of hydrogen-bond acceptors (Lipinski definition) is 2. The van der Waals surface area contributed by atoms with E-state index in [4.69, 9.17) is 4.42 Å². The molecule has 0 saturated carbocycles. The second kappa shape index (κ2) is 4.30. The number of hydrogen-bond donors (Lipinski definition) is 0. The van der Waals surface area contributed by atoms with Crippen molar-refractivity contribution < 1.29 is 9.21 Å². The smallest absolute Gasteiger partial charge is 0.166 e. The van der Waals surface area contributed by atoms with Crippen LogP contribution in [-0.2, 0) is 0 Å². The number of furan rings is 1. The fourth-order valence-corrected chi connectivity index (χ4v) is 1.67. The summed E-state index contributed by atoms with van der Waals surface area (Å²) >= 11 is 0. The summed E-state index contributed by atoms with van der Waals surface area (Å²) in [7, 11) is 0. The molecule has 0 atom stereocenters. The van der Waals surface area contributed by atoms with E-state index in [9.17, 15) is 4.79 Å². The van der Waals surface area contributed by atoms with Gasteiger partial charge in [-0.2, -0.15) is 0 Å².